The van der Waals surface area contributed by atoms with Crippen molar-refractivity contribution < 1.29 is 17.6 Å². The molecule has 2 aromatic carbocycles. The number of carbonyl (C=O) groups excluding carboxylic acids is 1. The highest BCUT2D eigenvalue weighted by Crippen LogP contribution is 2.22. The van der Waals surface area contributed by atoms with E-state index in [1.165, 1.54) is 42.4 Å². The molecular formula is C23H24N2O4S. The molecule has 1 aliphatic rings. The number of nitrogens with one attached hydrogen (secondary N) is 2. The fourth-order valence-corrected chi connectivity index (χ4v) is 4.66. The molecule has 1 amide bonds. The topological polar surface area (TPSA) is 88.4 Å². The van der Waals surface area contributed by atoms with E-state index >= 15 is 0 Å². The molecule has 1 heterocycles. The van der Waals surface area contributed by atoms with Gasteiger partial charge < -0.3 is 9.73 Å². The third-order valence-corrected chi connectivity index (χ3v) is 6.66. The van der Waals surface area contributed by atoms with E-state index in [9.17, 15) is 13.2 Å². The number of amides is 1. The molecule has 0 saturated carbocycles. The van der Waals surface area contributed by atoms with Gasteiger partial charge >= 0.3 is 0 Å². The van der Waals surface area contributed by atoms with E-state index in [1.54, 1.807) is 24.3 Å². The van der Waals surface area contributed by atoms with Crippen LogP contribution >= 0.6 is 0 Å². The first kappa shape index (κ1) is 20.4. The van der Waals surface area contributed by atoms with Gasteiger partial charge in [0, 0.05) is 5.69 Å². The third kappa shape index (κ3) is 4.98. The van der Waals surface area contributed by atoms with Gasteiger partial charge in [0.2, 0.25) is 15.9 Å². The van der Waals surface area contributed by atoms with Crippen LogP contribution in [0, 0.1) is 0 Å². The second-order valence-electron chi connectivity index (χ2n) is 7.46. The number of sulfonamides is 1. The zero-order chi connectivity index (χ0) is 21.0. The van der Waals surface area contributed by atoms with Crippen molar-refractivity contribution in [2.24, 2.45) is 0 Å². The Morgan fingerprint density at radius 1 is 0.967 bits per heavy atom. The van der Waals surface area contributed by atoms with Gasteiger partial charge in [-0.2, -0.15) is 0 Å². The summed E-state index contributed by atoms with van der Waals surface area (Å²) in [5.41, 5.74) is 4.29. The standard InChI is InChI=1S/C23H24N2O4S/c26-23(15-17-7-8-18-4-1-2-5-19(18)14-17)25-20-9-11-22(12-10-20)30(27,28)24-16-21-6-3-13-29-21/h3,6-14,24H,1-2,4-5,15-16H2,(H,25,26). The predicted octanol–water partition coefficient (Wildman–Crippen LogP) is 3.82. The van der Waals surface area contributed by atoms with Crippen molar-refractivity contribution >= 4 is 21.6 Å². The Hall–Kier alpha value is -2.90. The second-order valence-corrected chi connectivity index (χ2v) is 9.23. The largest absolute Gasteiger partial charge is 0.468 e. The van der Waals surface area contributed by atoms with Crippen molar-refractivity contribution in [1.82, 2.24) is 4.72 Å². The molecule has 0 atom stereocenters. The third-order valence-electron chi connectivity index (χ3n) is 5.24. The molecule has 2 N–H and O–H groups in total. The molecule has 0 bridgehead atoms. The van der Waals surface area contributed by atoms with Gasteiger partial charge in [0.25, 0.3) is 0 Å². The molecule has 0 aliphatic heterocycles. The van der Waals surface area contributed by atoms with Crippen LogP contribution in [0.25, 0.3) is 0 Å². The van der Waals surface area contributed by atoms with Crippen molar-refractivity contribution in [3.63, 3.8) is 0 Å². The summed E-state index contributed by atoms with van der Waals surface area (Å²) in [5.74, 6) is 0.405. The first-order valence-corrected chi connectivity index (χ1v) is 11.5. The second kappa shape index (κ2) is 8.85. The molecule has 1 aliphatic carbocycles. The summed E-state index contributed by atoms with van der Waals surface area (Å²) in [6.07, 6.45) is 6.41. The van der Waals surface area contributed by atoms with Crippen LogP contribution in [0.4, 0.5) is 5.69 Å². The number of anilines is 1. The number of aryl methyl sites for hydroxylation is 2. The first-order valence-electron chi connectivity index (χ1n) is 10.0. The Morgan fingerprint density at radius 2 is 1.73 bits per heavy atom. The molecule has 0 saturated heterocycles. The SMILES string of the molecule is O=C(Cc1ccc2c(c1)CCCC2)Nc1ccc(S(=O)(=O)NCc2ccco2)cc1. The van der Waals surface area contributed by atoms with Gasteiger partial charge in [0.1, 0.15) is 5.76 Å². The van der Waals surface area contributed by atoms with Crippen LogP contribution in [-0.4, -0.2) is 14.3 Å². The summed E-state index contributed by atoms with van der Waals surface area (Å²) >= 11 is 0. The Morgan fingerprint density at radius 3 is 2.47 bits per heavy atom. The minimum absolute atomic E-state index is 0.0780. The Balaban J connectivity index is 1.35. The molecule has 0 spiro atoms. The van der Waals surface area contributed by atoms with Crippen molar-refractivity contribution in [3.8, 4) is 0 Å². The summed E-state index contributed by atoms with van der Waals surface area (Å²) in [6.45, 7) is 0.0780. The normalized spacial score (nSPS) is 13.6. The van der Waals surface area contributed by atoms with E-state index < -0.39 is 10.0 Å². The molecule has 0 unspecified atom stereocenters. The number of hydrogen-bond donors (Lipinski definition) is 2. The lowest BCUT2D eigenvalue weighted by molar-refractivity contribution is -0.115. The monoisotopic (exact) mass is 424 g/mol. The lowest BCUT2D eigenvalue weighted by Crippen LogP contribution is -2.23. The van der Waals surface area contributed by atoms with Crippen molar-refractivity contribution in [2.75, 3.05) is 5.32 Å². The van der Waals surface area contributed by atoms with Crippen LogP contribution in [0.1, 0.15) is 35.3 Å². The number of rotatable bonds is 7. The number of furan rings is 1. The lowest BCUT2D eigenvalue weighted by Gasteiger charge is -2.16. The fraction of sp³-hybridized carbons (Fsp3) is 0.261. The zero-order valence-corrected chi connectivity index (χ0v) is 17.4. The van der Waals surface area contributed by atoms with E-state index in [0.717, 1.165) is 18.4 Å². The molecule has 7 heteroatoms. The first-order chi connectivity index (χ1) is 14.5. The number of benzene rings is 2. The zero-order valence-electron chi connectivity index (χ0n) is 16.6. The number of fused-ring (bicyclic) bond motifs is 1. The molecule has 4 rings (SSSR count). The average molecular weight is 425 g/mol. The van der Waals surface area contributed by atoms with Crippen LogP contribution in [0.15, 0.2) is 70.2 Å². The smallest absolute Gasteiger partial charge is 0.240 e. The Bertz CT molecular complexity index is 1120. The van der Waals surface area contributed by atoms with Crippen LogP contribution in [0.5, 0.6) is 0 Å². The molecule has 6 nitrogen and oxygen atoms in total. The highest BCUT2D eigenvalue weighted by atomic mass is 32.2. The van der Waals surface area contributed by atoms with Crippen LogP contribution < -0.4 is 10.0 Å². The summed E-state index contributed by atoms with van der Waals surface area (Å²) in [7, 11) is -3.66. The van der Waals surface area contributed by atoms with Crippen molar-refractivity contribution in [3.05, 3.63) is 83.3 Å². The quantitative estimate of drug-likeness (QED) is 0.604. The molecule has 0 fully saturated rings. The molecular weight excluding hydrogens is 400 g/mol. The summed E-state index contributed by atoms with van der Waals surface area (Å²) < 4.78 is 32.4. The highest BCUT2D eigenvalue weighted by molar-refractivity contribution is 7.89. The maximum absolute atomic E-state index is 12.4. The van der Waals surface area contributed by atoms with Crippen molar-refractivity contribution in [1.29, 1.82) is 0 Å². The van der Waals surface area contributed by atoms with Gasteiger partial charge in [0.15, 0.2) is 0 Å². The predicted molar refractivity (Wildman–Crippen MR) is 115 cm³/mol. The van der Waals surface area contributed by atoms with Gasteiger partial charge in [0.05, 0.1) is 24.1 Å². The van der Waals surface area contributed by atoms with E-state index in [-0.39, 0.29) is 23.8 Å². The summed E-state index contributed by atoms with van der Waals surface area (Å²) in [5, 5.41) is 2.83. The fourth-order valence-electron chi connectivity index (χ4n) is 3.67. The average Bonchev–Trinajstić information content (AvgIpc) is 3.26. The maximum Gasteiger partial charge on any atom is 0.240 e. The van der Waals surface area contributed by atoms with Gasteiger partial charge in [-0.05, 0) is 78.8 Å². The Kier molecular flexibility index (Phi) is 6.01. The van der Waals surface area contributed by atoms with Crippen molar-refractivity contribution in [2.45, 2.75) is 43.5 Å². The highest BCUT2D eigenvalue weighted by Gasteiger charge is 2.15. The van der Waals surface area contributed by atoms with Gasteiger partial charge in [-0.3, -0.25) is 4.79 Å². The Labute approximate surface area is 176 Å². The van der Waals surface area contributed by atoms with E-state index in [2.05, 4.69) is 22.2 Å². The molecule has 3 aromatic rings. The molecule has 1 aromatic heterocycles. The van der Waals surface area contributed by atoms with E-state index in [0.29, 0.717) is 11.4 Å². The summed E-state index contributed by atoms with van der Waals surface area (Å²) in [4.78, 5) is 12.5. The maximum atomic E-state index is 12.4. The number of hydrogen-bond acceptors (Lipinski definition) is 4. The summed E-state index contributed by atoms with van der Waals surface area (Å²) in [6, 6.07) is 15.8. The van der Waals surface area contributed by atoms with Gasteiger partial charge in [-0.15, -0.1) is 0 Å². The van der Waals surface area contributed by atoms with E-state index in [1.807, 2.05) is 6.07 Å². The van der Waals surface area contributed by atoms with E-state index in [4.69, 9.17) is 4.42 Å². The molecule has 0 radical (unpaired) electrons. The van der Waals surface area contributed by atoms with Crippen LogP contribution in [0.2, 0.25) is 0 Å². The lowest BCUT2D eigenvalue weighted by atomic mass is 9.90. The minimum atomic E-state index is -3.66. The van der Waals surface area contributed by atoms with Crippen LogP contribution in [0.3, 0.4) is 0 Å². The van der Waals surface area contributed by atoms with Gasteiger partial charge in [-0.1, -0.05) is 18.2 Å². The molecule has 30 heavy (non-hydrogen) atoms. The molecule has 156 valence electrons. The van der Waals surface area contributed by atoms with Crippen LogP contribution in [-0.2, 0) is 40.6 Å². The minimum Gasteiger partial charge on any atom is -0.468 e. The van der Waals surface area contributed by atoms with Gasteiger partial charge in [-0.25, -0.2) is 13.1 Å². The number of carbonyl (C=O) groups is 1.